The summed E-state index contributed by atoms with van der Waals surface area (Å²) >= 11 is 0. The predicted octanol–water partition coefficient (Wildman–Crippen LogP) is 3.57. The van der Waals surface area contributed by atoms with Gasteiger partial charge in [0, 0.05) is 25.0 Å². The molecule has 124 valence electrons. The van der Waals surface area contributed by atoms with Gasteiger partial charge in [-0.25, -0.2) is 4.98 Å². The molecule has 7 nitrogen and oxygen atoms in total. The molecule has 0 atom stereocenters. The SMILES string of the molecule is Cc1nccn1-c1ccccc1CNc1ccc(C#N)cc1[N+](=O)[O-]. The third-order valence-electron chi connectivity index (χ3n) is 3.87. The summed E-state index contributed by atoms with van der Waals surface area (Å²) in [5, 5.41) is 23.3. The van der Waals surface area contributed by atoms with E-state index < -0.39 is 4.92 Å². The predicted molar refractivity (Wildman–Crippen MR) is 93.4 cm³/mol. The van der Waals surface area contributed by atoms with Gasteiger partial charge in [0.2, 0.25) is 0 Å². The van der Waals surface area contributed by atoms with Crippen LogP contribution in [0.2, 0.25) is 0 Å². The number of hydrogen-bond acceptors (Lipinski definition) is 5. The van der Waals surface area contributed by atoms with Crippen LogP contribution in [0, 0.1) is 28.4 Å². The van der Waals surface area contributed by atoms with Gasteiger partial charge in [-0.05, 0) is 30.7 Å². The van der Waals surface area contributed by atoms with Gasteiger partial charge >= 0.3 is 0 Å². The molecular weight excluding hydrogens is 318 g/mol. The molecule has 0 spiro atoms. The van der Waals surface area contributed by atoms with E-state index in [9.17, 15) is 10.1 Å². The topological polar surface area (TPSA) is 96.8 Å². The molecule has 0 aliphatic carbocycles. The Bertz CT molecular complexity index is 972. The first kappa shape index (κ1) is 16.2. The Morgan fingerprint density at radius 3 is 2.80 bits per heavy atom. The van der Waals surface area contributed by atoms with E-state index in [4.69, 9.17) is 5.26 Å². The number of para-hydroxylation sites is 1. The standard InChI is InChI=1S/C18H15N5O2/c1-13-20-8-9-22(13)17-5-3-2-4-15(17)12-21-16-7-6-14(11-19)10-18(16)23(24)25/h2-10,21H,12H2,1H3. The average molecular weight is 333 g/mol. The van der Waals surface area contributed by atoms with Gasteiger partial charge in [-0.1, -0.05) is 18.2 Å². The van der Waals surface area contributed by atoms with Crippen molar-refractivity contribution in [2.75, 3.05) is 5.32 Å². The van der Waals surface area contributed by atoms with E-state index in [1.54, 1.807) is 18.3 Å². The number of nitriles is 1. The first-order valence-corrected chi connectivity index (χ1v) is 7.61. The molecule has 0 aliphatic rings. The Morgan fingerprint density at radius 2 is 2.12 bits per heavy atom. The third-order valence-corrected chi connectivity index (χ3v) is 3.87. The summed E-state index contributed by atoms with van der Waals surface area (Å²) < 4.78 is 1.96. The smallest absolute Gasteiger partial charge is 0.293 e. The summed E-state index contributed by atoms with van der Waals surface area (Å²) in [5.41, 5.74) is 2.45. The number of nitro groups is 1. The fourth-order valence-corrected chi connectivity index (χ4v) is 2.62. The van der Waals surface area contributed by atoms with E-state index in [0.717, 1.165) is 17.1 Å². The van der Waals surface area contributed by atoms with Gasteiger partial charge in [0.15, 0.2) is 0 Å². The lowest BCUT2D eigenvalue weighted by molar-refractivity contribution is -0.384. The molecule has 0 aliphatic heterocycles. The molecule has 0 saturated carbocycles. The summed E-state index contributed by atoms with van der Waals surface area (Å²) in [7, 11) is 0. The Kier molecular flexibility index (Phi) is 4.44. The maximum atomic E-state index is 11.2. The van der Waals surface area contributed by atoms with Gasteiger partial charge in [0.05, 0.1) is 22.2 Å². The number of rotatable bonds is 5. The molecule has 0 fully saturated rings. The van der Waals surface area contributed by atoms with E-state index in [-0.39, 0.29) is 11.3 Å². The molecule has 7 heteroatoms. The van der Waals surface area contributed by atoms with Crippen LogP contribution < -0.4 is 5.32 Å². The molecule has 3 aromatic rings. The van der Waals surface area contributed by atoms with Crippen LogP contribution in [0.15, 0.2) is 54.9 Å². The molecular formula is C18H15N5O2. The molecule has 3 rings (SSSR count). The van der Waals surface area contributed by atoms with Crippen LogP contribution in [0.3, 0.4) is 0 Å². The zero-order valence-electron chi connectivity index (χ0n) is 13.5. The zero-order chi connectivity index (χ0) is 17.8. The average Bonchev–Trinajstić information content (AvgIpc) is 3.05. The molecule has 0 amide bonds. The lowest BCUT2D eigenvalue weighted by atomic mass is 10.1. The highest BCUT2D eigenvalue weighted by molar-refractivity contribution is 5.64. The molecule has 25 heavy (non-hydrogen) atoms. The zero-order valence-corrected chi connectivity index (χ0v) is 13.5. The van der Waals surface area contributed by atoms with E-state index in [2.05, 4.69) is 10.3 Å². The Hall–Kier alpha value is -3.66. The van der Waals surface area contributed by atoms with Gasteiger partial charge in [-0.2, -0.15) is 5.26 Å². The van der Waals surface area contributed by atoms with Gasteiger partial charge in [0.1, 0.15) is 11.5 Å². The van der Waals surface area contributed by atoms with Crippen molar-refractivity contribution in [2.45, 2.75) is 13.5 Å². The maximum absolute atomic E-state index is 11.2. The monoisotopic (exact) mass is 333 g/mol. The van der Waals surface area contributed by atoms with Crippen LogP contribution in [-0.2, 0) is 6.54 Å². The van der Waals surface area contributed by atoms with Crippen LogP contribution in [0.1, 0.15) is 17.0 Å². The van der Waals surface area contributed by atoms with Crippen LogP contribution in [0.5, 0.6) is 0 Å². The summed E-state index contributed by atoms with van der Waals surface area (Å²) in [6.07, 6.45) is 3.60. The lowest BCUT2D eigenvalue weighted by Gasteiger charge is -2.13. The van der Waals surface area contributed by atoms with E-state index >= 15 is 0 Å². The molecule has 0 saturated heterocycles. The van der Waals surface area contributed by atoms with Crippen molar-refractivity contribution in [2.24, 2.45) is 0 Å². The number of nitrogens with one attached hydrogen (secondary N) is 1. The second kappa shape index (κ2) is 6.84. The minimum absolute atomic E-state index is 0.115. The van der Waals surface area contributed by atoms with Crippen molar-refractivity contribution >= 4 is 11.4 Å². The lowest BCUT2D eigenvalue weighted by Crippen LogP contribution is -2.07. The summed E-state index contributed by atoms with van der Waals surface area (Å²) in [4.78, 5) is 15.0. The molecule has 0 unspecified atom stereocenters. The fourth-order valence-electron chi connectivity index (χ4n) is 2.62. The second-order valence-electron chi connectivity index (χ2n) is 5.43. The summed E-state index contributed by atoms with van der Waals surface area (Å²) in [6, 6.07) is 14.1. The molecule has 1 heterocycles. The van der Waals surface area contributed by atoms with Crippen molar-refractivity contribution in [1.82, 2.24) is 9.55 Å². The highest BCUT2D eigenvalue weighted by atomic mass is 16.6. The molecule has 1 aromatic heterocycles. The highest BCUT2D eigenvalue weighted by Crippen LogP contribution is 2.26. The Morgan fingerprint density at radius 1 is 1.32 bits per heavy atom. The molecule has 0 bridgehead atoms. The first-order chi connectivity index (χ1) is 12.1. The van der Waals surface area contributed by atoms with Crippen molar-refractivity contribution in [1.29, 1.82) is 5.26 Å². The number of benzene rings is 2. The Labute approximate surface area is 144 Å². The van der Waals surface area contributed by atoms with Gasteiger partial charge in [-0.15, -0.1) is 0 Å². The summed E-state index contributed by atoms with van der Waals surface area (Å²) in [6.45, 7) is 2.32. The number of hydrogen-bond donors (Lipinski definition) is 1. The van der Waals surface area contributed by atoms with Crippen LogP contribution in [0.4, 0.5) is 11.4 Å². The van der Waals surface area contributed by atoms with Crippen LogP contribution in [0.25, 0.3) is 5.69 Å². The number of anilines is 1. The quantitative estimate of drug-likeness (QED) is 0.568. The largest absolute Gasteiger partial charge is 0.375 e. The number of nitrogens with zero attached hydrogens (tertiary/aromatic N) is 4. The fraction of sp³-hybridized carbons (Fsp3) is 0.111. The van der Waals surface area contributed by atoms with E-state index in [1.165, 1.54) is 6.07 Å². The summed E-state index contributed by atoms with van der Waals surface area (Å²) in [5.74, 6) is 0.858. The number of nitro benzene ring substituents is 1. The minimum Gasteiger partial charge on any atom is -0.375 e. The van der Waals surface area contributed by atoms with E-state index in [0.29, 0.717) is 12.2 Å². The van der Waals surface area contributed by atoms with Crippen LogP contribution >= 0.6 is 0 Å². The van der Waals surface area contributed by atoms with Crippen molar-refractivity contribution in [3.8, 4) is 11.8 Å². The normalized spacial score (nSPS) is 10.2. The first-order valence-electron chi connectivity index (χ1n) is 7.61. The van der Waals surface area contributed by atoms with Crippen molar-refractivity contribution in [3.05, 3.63) is 81.9 Å². The number of imidazole rings is 1. The van der Waals surface area contributed by atoms with Gasteiger partial charge in [0.25, 0.3) is 5.69 Å². The van der Waals surface area contributed by atoms with Gasteiger partial charge in [-0.3, -0.25) is 10.1 Å². The van der Waals surface area contributed by atoms with Crippen molar-refractivity contribution in [3.63, 3.8) is 0 Å². The molecule has 1 N–H and O–H groups in total. The Balaban J connectivity index is 1.90. The highest BCUT2D eigenvalue weighted by Gasteiger charge is 2.15. The minimum atomic E-state index is -0.491. The third kappa shape index (κ3) is 3.33. The van der Waals surface area contributed by atoms with Gasteiger partial charge < -0.3 is 9.88 Å². The number of aromatic nitrogens is 2. The molecule has 0 radical (unpaired) electrons. The van der Waals surface area contributed by atoms with Crippen LogP contribution in [-0.4, -0.2) is 14.5 Å². The second-order valence-corrected chi connectivity index (χ2v) is 5.43. The maximum Gasteiger partial charge on any atom is 0.293 e. The van der Waals surface area contributed by atoms with Crippen molar-refractivity contribution < 1.29 is 4.92 Å². The van der Waals surface area contributed by atoms with E-state index in [1.807, 2.05) is 48.0 Å². The molecule has 2 aromatic carbocycles. The number of aryl methyl sites for hydroxylation is 1.